The zero-order valence-electron chi connectivity index (χ0n) is 14.5. The molecule has 1 aromatic carbocycles. The van der Waals surface area contributed by atoms with Gasteiger partial charge in [-0.25, -0.2) is 0 Å². The molecule has 0 aliphatic heterocycles. The Bertz CT molecular complexity index is 456. The number of ether oxygens (including phenoxy) is 1. The highest BCUT2D eigenvalue weighted by Gasteiger charge is 2.19. The fourth-order valence-corrected chi connectivity index (χ4v) is 2.93. The minimum atomic E-state index is 0.0984. The molecule has 1 aliphatic carbocycles. The van der Waals surface area contributed by atoms with Gasteiger partial charge in [-0.15, -0.1) is 0 Å². The van der Waals surface area contributed by atoms with Crippen LogP contribution in [-0.4, -0.2) is 55.6 Å². The van der Waals surface area contributed by atoms with E-state index in [9.17, 15) is 4.79 Å². The summed E-state index contributed by atoms with van der Waals surface area (Å²) in [5.41, 5.74) is 1.16. The predicted octanol–water partition coefficient (Wildman–Crippen LogP) is 2.93. The third kappa shape index (κ3) is 6.71. The summed E-state index contributed by atoms with van der Waals surface area (Å²) >= 11 is 0. The maximum absolute atomic E-state index is 12.6. The van der Waals surface area contributed by atoms with Crippen molar-refractivity contribution in [3.63, 3.8) is 0 Å². The SMILES string of the molecule is CN(C)CCN(Cc1ccccc1)C(=O)COC1CCCCC1. The van der Waals surface area contributed by atoms with Crippen molar-refractivity contribution in [2.45, 2.75) is 44.8 Å². The molecule has 1 fully saturated rings. The lowest BCUT2D eigenvalue weighted by Crippen LogP contribution is -2.39. The Labute approximate surface area is 140 Å². The minimum absolute atomic E-state index is 0.0984. The average molecular weight is 318 g/mol. The first-order valence-corrected chi connectivity index (χ1v) is 8.73. The van der Waals surface area contributed by atoms with E-state index in [0.717, 1.165) is 31.5 Å². The molecule has 0 aromatic heterocycles. The highest BCUT2D eigenvalue weighted by Crippen LogP contribution is 2.20. The summed E-state index contributed by atoms with van der Waals surface area (Å²) in [5, 5.41) is 0. The number of likely N-dealkylation sites (N-methyl/N-ethyl adjacent to an activating group) is 1. The van der Waals surface area contributed by atoms with Crippen LogP contribution in [0.25, 0.3) is 0 Å². The smallest absolute Gasteiger partial charge is 0.248 e. The maximum Gasteiger partial charge on any atom is 0.248 e. The molecule has 0 radical (unpaired) electrons. The Kier molecular flexibility index (Phi) is 7.56. The molecular formula is C19H30N2O2. The van der Waals surface area contributed by atoms with E-state index >= 15 is 0 Å². The van der Waals surface area contributed by atoms with E-state index in [0.29, 0.717) is 6.54 Å². The van der Waals surface area contributed by atoms with E-state index in [4.69, 9.17) is 4.74 Å². The molecule has 0 spiro atoms. The van der Waals surface area contributed by atoms with E-state index in [1.54, 1.807) is 0 Å². The van der Waals surface area contributed by atoms with Gasteiger partial charge in [-0.3, -0.25) is 4.79 Å². The topological polar surface area (TPSA) is 32.8 Å². The fourth-order valence-electron chi connectivity index (χ4n) is 2.93. The number of carbonyl (C=O) groups is 1. The average Bonchev–Trinajstić information content (AvgIpc) is 2.58. The summed E-state index contributed by atoms with van der Waals surface area (Å²) < 4.78 is 5.87. The first kappa shape index (κ1) is 18.0. The fraction of sp³-hybridized carbons (Fsp3) is 0.632. The second-order valence-corrected chi connectivity index (χ2v) is 6.68. The number of carbonyl (C=O) groups excluding carboxylic acids is 1. The van der Waals surface area contributed by atoms with E-state index in [-0.39, 0.29) is 18.6 Å². The van der Waals surface area contributed by atoms with Crippen LogP contribution in [0.5, 0.6) is 0 Å². The van der Waals surface area contributed by atoms with Gasteiger partial charge in [-0.1, -0.05) is 49.6 Å². The van der Waals surface area contributed by atoms with Crippen LogP contribution in [0.1, 0.15) is 37.7 Å². The molecule has 0 bridgehead atoms. The summed E-state index contributed by atoms with van der Waals surface area (Å²) in [6.07, 6.45) is 6.24. The van der Waals surface area contributed by atoms with Gasteiger partial charge in [-0.2, -0.15) is 0 Å². The van der Waals surface area contributed by atoms with Crippen LogP contribution in [0, 0.1) is 0 Å². The van der Waals surface area contributed by atoms with Gasteiger partial charge in [0.05, 0.1) is 6.10 Å². The quantitative estimate of drug-likeness (QED) is 0.739. The van der Waals surface area contributed by atoms with Crippen LogP contribution in [-0.2, 0) is 16.1 Å². The van der Waals surface area contributed by atoms with Gasteiger partial charge in [-0.05, 0) is 32.5 Å². The first-order valence-electron chi connectivity index (χ1n) is 8.73. The monoisotopic (exact) mass is 318 g/mol. The van der Waals surface area contributed by atoms with Crippen LogP contribution >= 0.6 is 0 Å². The molecule has 1 aromatic rings. The largest absolute Gasteiger partial charge is 0.368 e. The van der Waals surface area contributed by atoms with Gasteiger partial charge in [0.2, 0.25) is 5.91 Å². The van der Waals surface area contributed by atoms with Crippen molar-refractivity contribution >= 4 is 5.91 Å². The molecule has 0 N–H and O–H groups in total. The summed E-state index contributed by atoms with van der Waals surface area (Å²) in [6.45, 7) is 2.46. The molecule has 4 nitrogen and oxygen atoms in total. The van der Waals surface area contributed by atoms with Crippen LogP contribution in [0.4, 0.5) is 0 Å². The number of nitrogens with zero attached hydrogens (tertiary/aromatic N) is 2. The standard InChI is InChI=1S/C19H30N2O2/c1-20(2)13-14-21(15-17-9-5-3-6-10-17)19(22)16-23-18-11-7-4-8-12-18/h3,5-6,9-10,18H,4,7-8,11-16H2,1-2H3. The molecule has 0 saturated heterocycles. The first-order chi connectivity index (χ1) is 11.1. The second kappa shape index (κ2) is 9.68. The highest BCUT2D eigenvalue weighted by molar-refractivity contribution is 5.77. The number of amides is 1. The zero-order valence-corrected chi connectivity index (χ0v) is 14.5. The van der Waals surface area contributed by atoms with Crippen LogP contribution in [0.15, 0.2) is 30.3 Å². The van der Waals surface area contributed by atoms with E-state index < -0.39 is 0 Å². The second-order valence-electron chi connectivity index (χ2n) is 6.68. The predicted molar refractivity (Wildman–Crippen MR) is 93.2 cm³/mol. The van der Waals surface area contributed by atoms with E-state index in [1.807, 2.05) is 37.2 Å². The van der Waals surface area contributed by atoms with Gasteiger partial charge in [0.25, 0.3) is 0 Å². The number of hydrogen-bond donors (Lipinski definition) is 0. The lowest BCUT2D eigenvalue weighted by molar-refractivity contribution is -0.139. The molecule has 0 unspecified atom stereocenters. The summed E-state index contributed by atoms with van der Waals surface area (Å²) in [6, 6.07) is 10.2. The van der Waals surface area contributed by atoms with E-state index in [1.165, 1.54) is 19.3 Å². The molecular weight excluding hydrogens is 288 g/mol. The van der Waals surface area contributed by atoms with Crippen LogP contribution in [0.3, 0.4) is 0 Å². The van der Waals surface area contributed by atoms with Crippen molar-refractivity contribution in [1.29, 1.82) is 0 Å². The van der Waals surface area contributed by atoms with E-state index in [2.05, 4.69) is 17.0 Å². The van der Waals surface area contributed by atoms with Crippen molar-refractivity contribution < 1.29 is 9.53 Å². The maximum atomic E-state index is 12.6. The summed E-state index contributed by atoms with van der Waals surface area (Å²) in [4.78, 5) is 16.6. The van der Waals surface area contributed by atoms with Crippen molar-refractivity contribution in [3.05, 3.63) is 35.9 Å². The Hall–Kier alpha value is -1.39. The lowest BCUT2D eigenvalue weighted by atomic mass is 9.98. The Morgan fingerprint density at radius 2 is 1.78 bits per heavy atom. The molecule has 0 heterocycles. The number of hydrogen-bond acceptors (Lipinski definition) is 3. The summed E-state index contributed by atoms with van der Waals surface area (Å²) in [7, 11) is 4.06. The summed E-state index contributed by atoms with van der Waals surface area (Å²) in [5.74, 6) is 0.0984. The Morgan fingerprint density at radius 3 is 2.43 bits per heavy atom. The molecule has 4 heteroatoms. The van der Waals surface area contributed by atoms with Crippen LogP contribution < -0.4 is 0 Å². The minimum Gasteiger partial charge on any atom is -0.368 e. The zero-order chi connectivity index (χ0) is 16.5. The molecule has 1 amide bonds. The third-order valence-corrected chi connectivity index (χ3v) is 4.38. The van der Waals surface area contributed by atoms with Crippen molar-refractivity contribution in [2.24, 2.45) is 0 Å². The molecule has 2 rings (SSSR count). The molecule has 128 valence electrons. The molecule has 23 heavy (non-hydrogen) atoms. The van der Waals surface area contributed by atoms with Gasteiger partial charge < -0.3 is 14.5 Å². The molecule has 1 saturated carbocycles. The van der Waals surface area contributed by atoms with Crippen molar-refractivity contribution in [3.8, 4) is 0 Å². The Morgan fingerprint density at radius 1 is 1.09 bits per heavy atom. The Balaban J connectivity index is 1.87. The van der Waals surface area contributed by atoms with Gasteiger partial charge >= 0.3 is 0 Å². The normalized spacial score (nSPS) is 15.8. The van der Waals surface area contributed by atoms with Gasteiger partial charge in [0, 0.05) is 19.6 Å². The van der Waals surface area contributed by atoms with Crippen molar-refractivity contribution in [1.82, 2.24) is 9.80 Å². The van der Waals surface area contributed by atoms with Crippen LogP contribution in [0.2, 0.25) is 0 Å². The van der Waals surface area contributed by atoms with Crippen molar-refractivity contribution in [2.75, 3.05) is 33.8 Å². The number of rotatable bonds is 8. The molecule has 1 aliphatic rings. The van der Waals surface area contributed by atoms with Gasteiger partial charge in [0.15, 0.2) is 0 Å². The number of benzene rings is 1. The molecule has 0 atom stereocenters. The lowest BCUT2D eigenvalue weighted by Gasteiger charge is -2.27. The van der Waals surface area contributed by atoms with Gasteiger partial charge in [0.1, 0.15) is 6.61 Å². The highest BCUT2D eigenvalue weighted by atomic mass is 16.5. The third-order valence-electron chi connectivity index (χ3n) is 4.38.